The SMILES string of the molecule is CCc1ncnc(N2CCN(c3ncnc4c3cnn4C)CC2)c1F. The third-order valence-corrected chi connectivity index (χ3v) is 4.57. The lowest BCUT2D eigenvalue weighted by atomic mass is 10.2. The van der Waals surface area contributed by atoms with E-state index in [9.17, 15) is 4.39 Å². The van der Waals surface area contributed by atoms with E-state index >= 15 is 0 Å². The molecule has 0 spiro atoms. The monoisotopic (exact) mass is 342 g/mol. The number of hydrogen-bond acceptors (Lipinski definition) is 7. The average Bonchev–Trinajstić information content (AvgIpc) is 3.03. The summed E-state index contributed by atoms with van der Waals surface area (Å²) in [7, 11) is 1.86. The van der Waals surface area contributed by atoms with Crippen LogP contribution in [0.3, 0.4) is 0 Å². The zero-order valence-electron chi connectivity index (χ0n) is 14.2. The van der Waals surface area contributed by atoms with Crippen molar-refractivity contribution in [2.45, 2.75) is 13.3 Å². The van der Waals surface area contributed by atoms with Crippen molar-refractivity contribution in [3.63, 3.8) is 0 Å². The van der Waals surface area contributed by atoms with Crippen LogP contribution in [0.15, 0.2) is 18.9 Å². The van der Waals surface area contributed by atoms with E-state index in [0.29, 0.717) is 31.0 Å². The minimum atomic E-state index is -0.310. The summed E-state index contributed by atoms with van der Waals surface area (Å²) < 4.78 is 16.2. The molecule has 0 unspecified atom stereocenters. The summed E-state index contributed by atoms with van der Waals surface area (Å²) >= 11 is 0. The Morgan fingerprint density at radius 3 is 2.32 bits per heavy atom. The summed E-state index contributed by atoms with van der Waals surface area (Å²) in [5.74, 6) is 0.950. The van der Waals surface area contributed by atoms with Gasteiger partial charge in [0.25, 0.3) is 0 Å². The second kappa shape index (κ2) is 6.23. The van der Waals surface area contributed by atoms with E-state index < -0.39 is 0 Å². The molecule has 0 radical (unpaired) electrons. The maximum Gasteiger partial charge on any atom is 0.187 e. The van der Waals surface area contributed by atoms with Gasteiger partial charge in [-0.25, -0.2) is 24.3 Å². The topological polar surface area (TPSA) is 75.9 Å². The summed E-state index contributed by atoms with van der Waals surface area (Å²) in [5, 5.41) is 5.19. The van der Waals surface area contributed by atoms with Gasteiger partial charge in [-0.3, -0.25) is 4.68 Å². The van der Waals surface area contributed by atoms with E-state index in [-0.39, 0.29) is 5.82 Å². The number of nitrogens with zero attached hydrogens (tertiary/aromatic N) is 8. The third-order valence-electron chi connectivity index (χ3n) is 4.57. The molecule has 4 rings (SSSR count). The first kappa shape index (κ1) is 15.7. The number of anilines is 2. The highest BCUT2D eigenvalue weighted by atomic mass is 19.1. The molecule has 0 aliphatic carbocycles. The van der Waals surface area contributed by atoms with Crippen molar-refractivity contribution in [2.75, 3.05) is 36.0 Å². The Morgan fingerprint density at radius 2 is 1.60 bits per heavy atom. The van der Waals surface area contributed by atoms with E-state index in [4.69, 9.17) is 0 Å². The van der Waals surface area contributed by atoms with Gasteiger partial charge >= 0.3 is 0 Å². The molecule has 0 bridgehead atoms. The minimum absolute atomic E-state index is 0.310. The summed E-state index contributed by atoms with van der Waals surface area (Å²) in [5.41, 5.74) is 1.27. The van der Waals surface area contributed by atoms with Crippen molar-refractivity contribution >= 4 is 22.7 Å². The van der Waals surface area contributed by atoms with Crippen LogP contribution in [0.2, 0.25) is 0 Å². The first-order valence-corrected chi connectivity index (χ1v) is 8.31. The summed E-state index contributed by atoms with van der Waals surface area (Å²) in [6, 6.07) is 0. The van der Waals surface area contributed by atoms with E-state index in [0.717, 1.165) is 29.9 Å². The molecular weight excluding hydrogens is 323 g/mol. The minimum Gasteiger partial charge on any atom is -0.352 e. The van der Waals surface area contributed by atoms with E-state index in [1.807, 2.05) is 18.9 Å². The van der Waals surface area contributed by atoms with Gasteiger partial charge in [-0.2, -0.15) is 5.10 Å². The van der Waals surface area contributed by atoms with Crippen molar-refractivity contribution in [2.24, 2.45) is 7.05 Å². The lowest BCUT2D eigenvalue weighted by molar-refractivity contribution is 0.568. The van der Waals surface area contributed by atoms with Crippen LogP contribution in [0.4, 0.5) is 16.0 Å². The molecule has 0 saturated carbocycles. The van der Waals surface area contributed by atoms with Crippen LogP contribution >= 0.6 is 0 Å². The molecule has 0 N–H and O–H groups in total. The Balaban J connectivity index is 1.55. The van der Waals surface area contributed by atoms with Crippen LogP contribution in [-0.2, 0) is 13.5 Å². The van der Waals surface area contributed by atoms with Crippen LogP contribution in [0.1, 0.15) is 12.6 Å². The van der Waals surface area contributed by atoms with E-state index in [1.165, 1.54) is 6.33 Å². The molecule has 9 heteroatoms. The number of aryl methyl sites for hydroxylation is 2. The van der Waals surface area contributed by atoms with Crippen LogP contribution in [0, 0.1) is 5.82 Å². The Bertz CT molecular complexity index is 900. The fourth-order valence-corrected chi connectivity index (χ4v) is 3.19. The van der Waals surface area contributed by atoms with Gasteiger partial charge in [0, 0.05) is 33.2 Å². The molecule has 0 amide bonds. The first-order chi connectivity index (χ1) is 12.2. The summed E-state index contributed by atoms with van der Waals surface area (Å²) in [6.07, 6.45) is 5.34. The molecule has 1 aliphatic rings. The predicted octanol–water partition coefficient (Wildman–Crippen LogP) is 1.18. The third kappa shape index (κ3) is 2.65. The van der Waals surface area contributed by atoms with Gasteiger partial charge in [0.05, 0.1) is 17.3 Å². The molecule has 1 fully saturated rings. The van der Waals surface area contributed by atoms with Crippen LogP contribution < -0.4 is 9.80 Å². The molecule has 130 valence electrons. The van der Waals surface area contributed by atoms with E-state index in [2.05, 4.69) is 29.9 Å². The van der Waals surface area contributed by atoms with Crippen LogP contribution in [0.25, 0.3) is 11.0 Å². The standard InChI is InChI=1S/C16H19FN8/c1-3-12-13(17)16(21-9-18-12)25-6-4-24(5-7-25)15-11-8-22-23(2)14(11)19-10-20-15/h8-10H,3-7H2,1-2H3. The second-order valence-electron chi connectivity index (χ2n) is 5.99. The Morgan fingerprint density at radius 1 is 0.960 bits per heavy atom. The summed E-state index contributed by atoms with van der Waals surface area (Å²) in [4.78, 5) is 21.0. The van der Waals surface area contributed by atoms with Crippen molar-refractivity contribution < 1.29 is 4.39 Å². The van der Waals surface area contributed by atoms with Crippen molar-refractivity contribution in [3.05, 3.63) is 30.4 Å². The van der Waals surface area contributed by atoms with Crippen molar-refractivity contribution in [1.82, 2.24) is 29.7 Å². The van der Waals surface area contributed by atoms with Gasteiger partial charge in [-0.1, -0.05) is 6.92 Å². The number of aromatic nitrogens is 6. The molecule has 1 saturated heterocycles. The number of piperazine rings is 1. The second-order valence-corrected chi connectivity index (χ2v) is 5.99. The molecule has 0 atom stereocenters. The average molecular weight is 342 g/mol. The van der Waals surface area contributed by atoms with Gasteiger partial charge in [-0.15, -0.1) is 0 Å². The number of halogens is 1. The first-order valence-electron chi connectivity index (χ1n) is 8.31. The fourth-order valence-electron chi connectivity index (χ4n) is 3.19. The predicted molar refractivity (Wildman–Crippen MR) is 92.1 cm³/mol. The van der Waals surface area contributed by atoms with Gasteiger partial charge in [0.1, 0.15) is 18.5 Å². The number of rotatable bonds is 3. The Labute approximate surface area is 144 Å². The van der Waals surface area contributed by atoms with Crippen LogP contribution in [0.5, 0.6) is 0 Å². The van der Waals surface area contributed by atoms with Gasteiger partial charge in [0.2, 0.25) is 0 Å². The lowest BCUT2D eigenvalue weighted by Crippen LogP contribution is -2.47. The largest absolute Gasteiger partial charge is 0.352 e. The maximum absolute atomic E-state index is 14.5. The van der Waals surface area contributed by atoms with E-state index in [1.54, 1.807) is 17.2 Å². The highest BCUT2D eigenvalue weighted by Gasteiger charge is 2.24. The van der Waals surface area contributed by atoms with Gasteiger partial charge < -0.3 is 9.80 Å². The molecule has 3 aromatic heterocycles. The molecule has 0 aromatic carbocycles. The number of hydrogen-bond donors (Lipinski definition) is 0. The lowest BCUT2D eigenvalue weighted by Gasteiger charge is -2.36. The Hall–Kier alpha value is -2.84. The van der Waals surface area contributed by atoms with Crippen molar-refractivity contribution in [1.29, 1.82) is 0 Å². The molecule has 3 aromatic rings. The number of fused-ring (bicyclic) bond motifs is 1. The van der Waals surface area contributed by atoms with Crippen molar-refractivity contribution in [3.8, 4) is 0 Å². The smallest absolute Gasteiger partial charge is 0.187 e. The fraction of sp³-hybridized carbons (Fsp3) is 0.438. The van der Waals surface area contributed by atoms with Gasteiger partial charge in [-0.05, 0) is 6.42 Å². The van der Waals surface area contributed by atoms with Gasteiger partial charge in [0.15, 0.2) is 17.3 Å². The highest BCUT2D eigenvalue weighted by Crippen LogP contribution is 2.25. The molecule has 25 heavy (non-hydrogen) atoms. The highest BCUT2D eigenvalue weighted by molar-refractivity contribution is 5.86. The molecule has 8 nitrogen and oxygen atoms in total. The molecule has 4 heterocycles. The normalized spacial score (nSPS) is 15.2. The van der Waals surface area contributed by atoms with Crippen LogP contribution in [-0.4, -0.2) is 55.9 Å². The molecular formula is C16H19FN8. The maximum atomic E-state index is 14.5. The summed E-state index contributed by atoms with van der Waals surface area (Å²) in [6.45, 7) is 4.69. The zero-order chi connectivity index (χ0) is 17.4. The zero-order valence-corrected chi connectivity index (χ0v) is 14.2. The molecule has 1 aliphatic heterocycles. The Kier molecular flexibility index (Phi) is 3.90. The quantitative estimate of drug-likeness (QED) is 0.707.